The average Bonchev–Trinajstić information content (AvgIpc) is 2.99. The summed E-state index contributed by atoms with van der Waals surface area (Å²) in [6.45, 7) is 27.2. The first kappa shape index (κ1) is 38.6. The summed E-state index contributed by atoms with van der Waals surface area (Å²) < 4.78 is 27.4. The van der Waals surface area contributed by atoms with Crippen molar-refractivity contribution in [1.82, 2.24) is 0 Å². The minimum Gasteiger partial charge on any atom is -0.413 e. The minimum atomic E-state index is -2.41. The lowest BCUT2D eigenvalue weighted by molar-refractivity contribution is -0.342. The van der Waals surface area contributed by atoms with Crippen LogP contribution in [0.25, 0.3) is 0 Å². The van der Waals surface area contributed by atoms with Crippen LogP contribution in [0.4, 0.5) is 0 Å². The molecule has 0 radical (unpaired) electrons. The van der Waals surface area contributed by atoms with Crippen molar-refractivity contribution in [3.63, 3.8) is 0 Å². The van der Waals surface area contributed by atoms with Crippen molar-refractivity contribution in [3.8, 4) is 0 Å². The maximum Gasteiger partial charge on any atom is 0.193 e. The molecule has 46 heavy (non-hydrogen) atoms. The van der Waals surface area contributed by atoms with E-state index in [2.05, 4.69) is 61.2 Å². The molecule has 0 aromatic carbocycles. The number of hydrogen-bond donors (Lipinski definition) is 3. The number of aliphatic hydroxyl groups is 3. The first-order chi connectivity index (χ1) is 21.2. The Kier molecular flexibility index (Phi) is 10.8. The molecule has 2 saturated carbocycles. The molecule has 2 bridgehead atoms. The summed E-state index contributed by atoms with van der Waals surface area (Å²) in [7, 11) is -6.81. The molecule has 0 spiro atoms. The molecule has 3 fully saturated rings. The fourth-order valence-corrected chi connectivity index (χ4v) is 16.5. The number of Topliss-reactive ketones (excluding diaryl/α,β-unsaturated/α-hetero) is 1. The Morgan fingerprint density at radius 3 is 1.78 bits per heavy atom. The Morgan fingerprint density at radius 1 is 0.848 bits per heavy atom. The predicted molar refractivity (Wildman–Crippen MR) is 190 cm³/mol. The van der Waals surface area contributed by atoms with Gasteiger partial charge in [0.15, 0.2) is 30.7 Å². The molecule has 266 valence electrons. The van der Waals surface area contributed by atoms with E-state index < -0.39 is 83.4 Å². The highest BCUT2D eigenvalue weighted by Gasteiger charge is 2.76. The zero-order valence-electron chi connectivity index (χ0n) is 31.2. The number of carbonyl (C=O) groups excluding carboxylic acids is 1. The quantitative estimate of drug-likeness (QED) is 0.155. The molecule has 0 aromatic rings. The van der Waals surface area contributed by atoms with E-state index >= 15 is 4.79 Å². The van der Waals surface area contributed by atoms with Gasteiger partial charge in [-0.3, -0.25) is 4.79 Å². The topological polar surface area (TPSA) is 115 Å². The maximum atomic E-state index is 15.9. The summed E-state index contributed by atoms with van der Waals surface area (Å²) in [5, 5.41) is 38.4. The molecule has 8 nitrogen and oxygen atoms in total. The van der Waals surface area contributed by atoms with E-state index in [9.17, 15) is 15.3 Å². The maximum absolute atomic E-state index is 15.9. The minimum absolute atomic E-state index is 0.00302. The van der Waals surface area contributed by atoms with Crippen LogP contribution in [-0.4, -0.2) is 94.4 Å². The van der Waals surface area contributed by atoms with Crippen LogP contribution in [0.15, 0.2) is 11.1 Å². The van der Waals surface area contributed by atoms with Crippen molar-refractivity contribution in [3.05, 3.63) is 11.1 Å². The van der Waals surface area contributed by atoms with Crippen molar-refractivity contribution in [2.24, 2.45) is 16.7 Å². The number of hydrogen-bond acceptors (Lipinski definition) is 8. The normalized spacial score (nSPS) is 39.7. The van der Waals surface area contributed by atoms with Crippen LogP contribution in [0.5, 0.6) is 0 Å². The SMILES string of the molecule is CC[Si](CC)(CC)O[C@H]1C(=O)[C@@]2(C)C([C@H](O)[C@]3(O)C[C@H](O[Si](C)(C)C)C(C)=C1C3(C)C)[C@]1(O)CO[C@@H]1C[C@@H]2O[Si](CC)(CC)CC. The molecule has 1 unspecified atom stereocenters. The first-order valence-corrected chi connectivity index (χ1v) is 26.7. The van der Waals surface area contributed by atoms with Gasteiger partial charge in [-0.25, -0.2) is 0 Å². The number of rotatable bonds is 12. The van der Waals surface area contributed by atoms with E-state index in [0.717, 1.165) is 47.4 Å². The molecular weight excluding hydrogens is 633 g/mol. The van der Waals surface area contributed by atoms with Crippen molar-refractivity contribution in [2.75, 3.05) is 6.61 Å². The molecule has 9 atom stereocenters. The van der Waals surface area contributed by atoms with Gasteiger partial charge in [-0.2, -0.15) is 0 Å². The average molecular weight is 699 g/mol. The van der Waals surface area contributed by atoms with Crippen molar-refractivity contribution in [2.45, 2.75) is 180 Å². The van der Waals surface area contributed by atoms with Crippen LogP contribution in [-0.2, 0) is 22.8 Å². The molecule has 3 aliphatic carbocycles. The zero-order valence-corrected chi connectivity index (χ0v) is 34.2. The molecule has 0 amide bonds. The van der Waals surface area contributed by atoms with E-state index in [1.165, 1.54) is 0 Å². The molecule has 1 aliphatic heterocycles. The summed E-state index contributed by atoms with van der Waals surface area (Å²) in [6.07, 6.45) is -3.54. The second-order valence-electron chi connectivity index (χ2n) is 16.8. The van der Waals surface area contributed by atoms with Gasteiger partial charge in [0.25, 0.3) is 0 Å². The molecule has 1 heterocycles. The number of carbonyl (C=O) groups is 1. The predicted octanol–water partition coefficient (Wildman–Crippen LogP) is 6.56. The monoisotopic (exact) mass is 698 g/mol. The van der Waals surface area contributed by atoms with Crippen molar-refractivity contribution >= 4 is 30.7 Å². The van der Waals surface area contributed by atoms with Gasteiger partial charge in [-0.1, -0.05) is 55.4 Å². The van der Waals surface area contributed by atoms with E-state index in [1.54, 1.807) is 0 Å². The van der Waals surface area contributed by atoms with Crippen LogP contribution in [0.2, 0.25) is 55.9 Å². The van der Waals surface area contributed by atoms with E-state index in [0.29, 0.717) is 6.42 Å². The molecule has 1 saturated heterocycles. The summed E-state index contributed by atoms with van der Waals surface area (Å²) in [5.74, 6) is -1.16. The number of ketones is 1. The third-order valence-corrected chi connectivity index (χ3v) is 23.7. The molecular formula is C35H66O8Si3. The lowest BCUT2D eigenvalue weighted by Crippen LogP contribution is -2.81. The molecule has 4 rings (SSSR count). The lowest BCUT2D eigenvalue weighted by atomic mass is 9.45. The lowest BCUT2D eigenvalue weighted by Gasteiger charge is -2.68. The van der Waals surface area contributed by atoms with Gasteiger partial charge in [-0.05, 0) is 80.9 Å². The molecule has 0 aromatic heterocycles. The number of ether oxygens (including phenoxy) is 1. The molecule has 4 aliphatic rings. The van der Waals surface area contributed by atoms with E-state index in [1.807, 2.05) is 27.7 Å². The van der Waals surface area contributed by atoms with Crippen LogP contribution < -0.4 is 0 Å². The second kappa shape index (κ2) is 12.8. The fraction of sp³-hybridized carbons (Fsp3) is 0.914. The Hall–Kier alpha value is -0.219. The van der Waals surface area contributed by atoms with Gasteiger partial charge >= 0.3 is 0 Å². The molecule has 3 N–H and O–H groups in total. The Labute approximate surface area is 282 Å². The summed E-state index contributed by atoms with van der Waals surface area (Å²) in [5.41, 5.74) is -3.94. The zero-order chi connectivity index (χ0) is 34.9. The highest BCUT2D eigenvalue weighted by Crippen LogP contribution is 2.64. The third-order valence-electron chi connectivity index (χ3n) is 13.5. The van der Waals surface area contributed by atoms with Crippen LogP contribution in [0.1, 0.15) is 82.1 Å². The van der Waals surface area contributed by atoms with Crippen LogP contribution in [0.3, 0.4) is 0 Å². The second-order valence-corrected chi connectivity index (χ2v) is 30.7. The van der Waals surface area contributed by atoms with E-state index in [-0.39, 0.29) is 18.8 Å². The Morgan fingerprint density at radius 2 is 1.35 bits per heavy atom. The highest BCUT2D eigenvalue weighted by atomic mass is 28.4. The summed E-state index contributed by atoms with van der Waals surface area (Å²) in [4.78, 5) is 15.9. The first-order valence-electron chi connectivity index (χ1n) is 18.2. The van der Waals surface area contributed by atoms with Crippen LogP contribution >= 0.6 is 0 Å². The van der Waals surface area contributed by atoms with Crippen molar-refractivity contribution < 1.29 is 38.1 Å². The summed E-state index contributed by atoms with van der Waals surface area (Å²) >= 11 is 0. The van der Waals surface area contributed by atoms with Gasteiger partial charge in [0.1, 0.15) is 17.3 Å². The van der Waals surface area contributed by atoms with Gasteiger partial charge in [-0.15, -0.1) is 0 Å². The van der Waals surface area contributed by atoms with Gasteiger partial charge < -0.3 is 33.3 Å². The Bertz CT molecular complexity index is 1160. The summed E-state index contributed by atoms with van der Waals surface area (Å²) in [6, 6.07) is 5.27. The smallest absolute Gasteiger partial charge is 0.193 e. The van der Waals surface area contributed by atoms with Gasteiger partial charge in [0, 0.05) is 24.2 Å². The standard InChI is InChI=1S/C35H66O8Si3/c1-14-45(15-2,16-3)42-25-20-26-34(38,22-40-26)29-31(37)35(39)21-24(41-44(11,12)13)23(7)27(32(35,8)9)28(30(36)33(25,29)10)43-46(17-4,18-5)19-6/h24-26,28-29,31,37-39H,14-22H2,1-13H3/t24-,25-,26+,28+,29?,31-,33+,34-,35+/m0/s1. The van der Waals surface area contributed by atoms with Crippen molar-refractivity contribution in [1.29, 1.82) is 0 Å². The van der Waals surface area contributed by atoms with E-state index in [4.69, 9.17) is 18.0 Å². The third kappa shape index (κ3) is 5.68. The largest absolute Gasteiger partial charge is 0.413 e. The number of aliphatic hydroxyl groups excluding tert-OH is 1. The molecule has 11 heteroatoms. The fourth-order valence-electron chi connectivity index (χ4n) is 9.70. The van der Waals surface area contributed by atoms with Gasteiger partial charge in [0.2, 0.25) is 0 Å². The van der Waals surface area contributed by atoms with Crippen LogP contribution in [0, 0.1) is 16.7 Å². The Balaban J connectivity index is 2.08. The number of fused-ring (bicyclic) bond motifs is 5. The van der Waals surface area contributed by atoms with Gasteiger partial charge in [0.05, 0.1) is 36.4 Å². The highest BCUT2D eigenvalue weighted by molar-refractivity contribution is 6.74.